The first-order valence-corrected chi connectivity index (χ1v) is 4.62. The molecule has 1 N–H and O–H groups in total. The summed E-state index contributed by atoms with van der Waals surface area (Å²) >= 11 is 0. The number of carbonyl (C=O) groups excluding carboxylic acids is 1. The lowest BCUT2D eigenvalue weighted by molar-refractivity contribution is 0.112. The van der Waals surface area contributed by atoms with Gasteiger partial charge in [-0.2, -0.15) is 0 Å². The van der Waals surface area contributed by atoms with Crippen LogP contribution < -0.4 is 0 Å². The highest BCUT2D eigenvalue weighted by Gasteiger charge is 2.10. The first-order chi connectivity index (χ1) is 7.22. The molecule has 0 aliphatic heterocycles. The van der Waals surface area contributed by atoms with Crippen molar-refractivity contribution in [2.45, 2.75) is 6.92 Å². The maximum atomic E-state index is 13.5. The van der Waals surface area contributed by atoms with E-state index in [1.807, 2.05) is 6.92 Å². The third kappa shape index (κ3) is 1.68. The van der Waals surface area contributed by atoms with Crippen molar-refractivity contribution in [1.29, 1.82) is 0 Å². The SMILES string of the molecule is Cc1cc(-c2ccccc2F)c(C=O)[nH]1. The van der Waals surface area contributed by atoms with Crippen molar-refractivity contribution in [2.24, 2.45) is 0 Å². The van der Waals surface area contributed by atoms with Gasteiger partial charge in [0.1, 0.15) is 5.82 Å². The fraction of sp³-hybridized carbons (Fsp3) is 0.0833. The molecule has 2 aromatic rings. The second-order valence-corrected chi connectivity index (χ2v) is 3.38. The summed E-state index contributed by atoms with van der Waals surface area (Å²) in [6, 6.07) is 8.17. The molecule has 0 saturated heterocycles. The van der Waals surface area contributed by atoms with E-state index in [4.69, 9.17) is 0 Å². The molecule has 2 nitrogen and oxygen atoms in total. The number of aromatic amines is 1. The number of hydrogen-bond donors (Lipinski definition) is 1. The Kier molecular flexibility index (Phi) is 2.37. The van der Waals surface area contributed by atoms with E-state index >= 15 is 0 Å². The predicted molar refractivity (Wildman–Crippen MR) is 56.3 cm³/mol. The summed E-state index contributed by atoms with van der Waals surface area (Å²) in [6.45, 7) is 1.83. The largest absolute Gasteiger partial charge is 0.356 e. The van der Waals surface area contributed by atoms with Crippen molar-refractivity contribution in [1.82, 2.24) is 4.98 Å². The van der Waals surface area contributed by atoms with Gasteiger partial charge >= 0.3 is 0 Å². The number of rotatable bonds is 2. The van der Waals surface area contributed by atoms with Gasteiger partial charge in [0.15, 0.2) is 6.29 Å². The second kappa shape index (κ2) is 3.69. The van der Waals surface area contributed by atoms with E-state index in [0.29, 0.717) is 23.1 Å². The Bertz CT molecular complexity index is 502. The van der Waals surface area contributed by atoms with Crippen molar-refractivity contribution in [3.8, 4) is 11.1 Å². The molecule has 1 aromatic carbocycles. The zero-order valence-corrected chi connectivity index (χ0v) is 8.25. The topological polar surface area (TPSA) is 32.9 Å². The van der Waals surface area contributed by atoms with E-state index in [1.54, 1.807) is 24.3 Å². The van der Waals surface area contributed by atoms with Crippen LogP contribution in [0.15, 0.2) is 30.3 Å². The zero-order valence-electron chi connectivity index (χ0n) is 8.25. The fourth-order valence-corrected chi connectivity index (χ4v) is 1.61. The fourth-order valence-electron chi connectivity index (χ4n) is 1.61. The van der Waals surface area contributed by atoms with Crippen LogP contribution in [0.3, 0.4) is 0 Å². The van der Waals surface area contributed by atoms with Crippen LogP contribution in [0.4, 0.5) is 4.39 Å². The molecule has 0 aliphatic rings. The quantitative estimate of drug-likeness (QED) is 0.748. The molecule has 3 heteroatoms. The molecule has 2 rings (SSSR count). The number of benzene rings is 1. The third-order valence-corrected chi connectivity index (χ3v) is 2.26. The highest BCUT2D eigenvalue weighted by molar-refractivity contribution is 5.86. The number of nitrogens with one attached hydrogen (secondary N) is 1. The summed E-state index contributed by atoms with van der Waals surface area (Å²) in [5.41, 5.74) is 2.32. The van der Waals surface area contributed by atoms with E-state index in [-0.39, 0.29) is 5.82 Å². The minimum absolute atomic E-state index is 0.320. The summed E-state index contributed by atoms with van der Waals surface area (Å²) in [5.74, 6) is -0.320. The van der Waals surface area contributed by atoms with Crippen molar-refractivity contribution in [2.75, 3.05) is 0 Å². The molecule has 76 valence electrons. The third-order valence-electron chi connectivity index (χ3n) is 2.26. The van der Waals surface area contributed by atoms with Crippen LogP contribution in [0, 0.1) is 12.7 Å². The van der Waals surface area contributed by atoms with E-state index in [2.05, 4.69) is 4.98 Å². The van der Waals surface area contributed by atoms with Crippen LogP contribution in [0.25, 0.3) is 11.1 Å². The van der Waals surface area contributed by atoms with Gasteiger partial charge in [-0.1, -0.05) is 18.2 Å². The summed E-state index contributed by atoms with van der Waals surface area (Å²) in [4.78, 5) is 13.7. The molecule has 0 atom stereocenters. The van der Waals surface area contributed by atoms with E-state index in [0.717, 1.165) is 5.69 Å². The monoisotopic (exact) mass is 203 g/mol. The Morgan fingerprint density at radius 2 is 2.00 bits per heavy atom. The van der Waals surface area contributed by atoms with Crippen LogP contribution in [-0.4, -0.2) is 11.3 Å². The molecule has 15 heavy (non-hydrogen) atoms. The molecule has 0 saturated carbocycles. The number of aryl methyl sites for hydroxylation is 1. The highest BCUT2D eigenvalue weighted by atomic mass is 19.1. The Morgan fingerprint density at radius 1 is 1.27 bits per heavy atom. The van der Waals surface area contributed by atoms with E-state index < -0.39 is 0 Å². The Balaban J connectivity index is 2.63. The lowest BCUT2D eigenvalue weighted by Gasteiger charge is -2.00. The van der Waals surface area contributed by atoms with Crippen molar-refractivity contribution in [3.05, 3.63) is 47.5 Å². The van der Waals surface area contributed by atoms with Crippen LogP contribution in [0.1, 0.15) is 16.2 Å². The molecule has 0 unspecified atom stereocenters. The Labute approximate surface area is 86.8 Å². The molecule has 1 heterocycles. The van der Waals surface area contributed by atoms with Crippen LogP contribution in [-0.2, 0) is 0 Å². The van der Waals surface area contributed by atoms with Gasteiger partial charge in [-0.15, -0.1) is 0 Å². The molecular weight excluding hydrogens is 193 g/mol. The first-order valence-electron chi connectivity index (χ1n) is 4.62. The molecule has 0 aliphatic carbocycles. The second-order valence-electron chi connectivity index (χ2n) is 3.38. The minimum Gasteiger partial charge on any atom is -0.356 e. The summed E-state index contributed by atoms with van der Waals surface area (Å²) in [7, 11) is 0. The summed E-state index contributed by atoms with van der Waals surface area (Å²) < 4.78 is 13.5. The van der Waals surface area contributed by atoms with Gasteiger partial charge < -0.3 is 4.98 Å². The smallest absolute Gasteiger partial charge is 0.166 e. The number of hydrogen-bond acceptors (Lipinski definition) is 1. The maximum Gasteiger partial charge on any atom is 0.166 e. The van der Waals surface area contributed by atoms with Crippen molar-refractivity contribution >= 4 is 6.29 Å². The van der Waals surface area contributed by atoms with Crippen molar-refractivity contribution < 1.29 is 9.18 Å². The lowest BCUT2D eigenvalue weighted by Crippen LogP contribution is -1.87. The van der Waals surface area contributed by atoms with E-state index in [9.17, 15) is 9.18 Å². The normalized spacial score (nSPS) is 10.3. The Morgan fingerprint density at radius 3 is 2.67 bits per heavy atom. The molecular formula is C12H10FNO. The van der Waals surface area contributed by atoms with Gasteiger partial charge in [0, 0.05) is 16.8 Å². The Hall–Kier alpha value is -1.90. The molecule has 0 spiro atoms. The number of halogens is 1. The van der Waals surface area contributed by atoms with Gasteiger partial charge in [0.25, 0.3) is 0 Å². The molecule has 0 bridgehead atoms. The zero-order chi connectivity index (χ0) is 10.8. The average molecular weight is 203 g/mol. The molecule has 0 fully saturated rings. The summed E-state index contributed by atoms with van der Waals surface area (Å²) in [6.07, 6.45) is 0.703. The standard InChI is InChI=1S/C12H10FNO/c1-8-6-10(12(7-15)14-8)9-4-2-3-5-11(9)13/h2-7,14H,1H3. The number of carbonyl (C=O) groups is 1. The van der Waals surface area contributed by atoms with Crippen LogP contribution in [0.5, 0.6) is 0 Å². The first kappa shape index (κ1) is 9.65. The van der Waals surface area contributed by atoms with Gasteiger partial charge in [-0.3, -0.25) is 4.79 Å². The minimum atomic E-state index is -0.320. The average Bonchev–Trinajstić information content (AvgIpc) is 2.60. The van der Waals surface area contributed by atoms with E-state index in [1.165, 1.54) is 6.07 Å². The van der Waals surface area contributed by atoms with Crippen LogP contribution >= 0.6 is 0 Å². The maximum absolute atomic E-state index is 13.5. The van der Waals surface area contributed by atoms with Crippen molar-refractivity contribution in [3.63, 3.8) is 0 Å². The molecule has 0 radical (unpaired) electrons. The van der Waals surface area contributed by atoms with Gasteiger partial charge in [0.05, 0.1) is 5.69 Å². The highest BCUT2D eigenvalue weighted by Crippen LogP contribution is 2.26. The summed E-state index contributed by atoms with van der Waals surface area (Å²) in [5, 5.41) is 0. The number of H-pyrrole nitrogens is 1. The predicted octanol–water partition coefficient (Wildman–Crippen LogP) is 2.94. The van der Waals surface area contributed by atoms with Gasteiger partial charge in [-0.05, 0) is 19.1 Å². The lowest BCUT2D eigenvalue weighted by atomic mass is 10.1. The molecule has 1 aromatic heterocycles. The van der Waals surface area contributed by atoms with Gasteiger partial charge in [0.2, 0.25) is 0 Å². The van der Waals surface area contributed by atoms with Crippen LogP contribution in [0.2, 0.25) is 0 Å². The number of aldehydes is 1. The molecule has 0 amide bonds. The van der Waals surface area contributed by atoms with Gasteiger partial charge in [-0.25, -0.2) is 4.39 Å². The number of aromatic nitrogens is 1.